The first-order valence-electron chi connectivity index (χ1n) is 3.23. The summed E-state index contributed by atoms with van der Waals surface area (Å²) in [6.07, 6.45) is 4.82. The maximum absolute atomic E-state index is 5.46. The molecular weight excluding hydrogens is 98.1 g/mol. The Morgan fingerprint density at radius 3 is 2.88 bits per heavy atom. The van der Waals surface area contributed by atoms with Gasteiger partial charge in [-0.3, -0.25) is 0 Å². The first-order chi connectivity index (χ1) is 3.84. The van der Waals surface area contributed by atoms with Gasteiger partial charge in [0.1, 0.15) is 0 Å². The van der Waals surface area contributed by atoms with Crippen molar-refractivity contribution in [1.82, 2.24) is 0 Å². The molecule has 0 aromatic rings. The molecule has 1 nitrogen and oxygen atoms in total. The van der Waals surface area contributed by atoms with Crippen LogP contribution >= 0.6 is 0 Å². The van der Waals surface area contributed by atoms with E-state index >= 15 is 0 Å². The first kappa shape index (κ1) is 5.83. The number of nitrogens with two attached hydrogens (primary N) is 1. The van der Waals surface area contributed by atoms with E-state index in [0.717, 1.165) is 12.5 Å². The van der Waals surface area contributed by atoms with Crippen LogP contribution in [0.1, 0.15) is 19.8 Å². The van der Waals surface area contributed by atoms with E-state index in [4.69, 9.17) is 5.73 Å². The first-order valence-corrected chi connectivity index (χ1v) is 3.23. The van der Waals surface area contributed by atoms with Gasteiger partial charge in [-0.15, -0.1) is 0 Å². The maximum Gasteiger partial charge on any atom is 0.0139 e. The molecule has 0 saturated carbocycles. The SMILES string of the molecule is CC1CCC=C1CN. The lowest BCUT2D eigenvalue weighted by atomic mass is 10.1. The minimum Gasteiger partial charge on any atom is -0.327 e. The molecule has 8 heavy (non-hydrogen) atoms. The molecule has 0 fully saturated rings. The summed E-state index contributed by atoms with van der Waals surface area (Å²) in [4.78, 5) is 0. The molecule has 0 heterocycles. The van der Waals surface area contributed by atoms with Crippen LogP contribution in [-0.2, 0) is 0 Å². The van der Waals surface area contributed by atoms with Gasteiger partial charge in [-0.25, -0.2) is 0 Å². The lowest BCUT2D eigenvalue weighted by Crippen LogP contribution is -2.06. The highest BCUT2D eigenvalue weighted by atomic mass is 14.5. The molecule has 1 aliphatic carbocycles. The van der Waals surface area contributed by atoms with Crippen LogP contribution in [0.3, 0.4) is 0 Å². The summed E-state index contributed by atoms with van der Waals surface area (Å²) in [5.74, 6) is 0.764. The lowest BCUT2D eigenvalue weighted by molar-refractivity contribution is 0.659. The monoisotopic (exact) mass is 111 g/mol. The van der Waals surface area contributed by atoms with E-state index in [9.17, 15) is 0 Å². The summed E-state index contributed by atoms with van der Waals surface area (Å²) in [6.45, 7) is 3.01. The summed E-state index contributed by atoms with van der Waals surface area (Å²) >= 11 is 0. The zero-order valence-electron chi connectivity index (χ0n) is 5.35. The molecule has 1 unspecified atom stereocenters. The summed E-state index contributed by atoms with van der Waals surface area (Å²) in [7, 11) is 0. The molecule has 1 heteroatoms. The van der Waals surface area contributed by atoms with E-state index in [0.29, 0.717) is 0 Å². The Labute approximate surface area is 50.6 Å². The normalized spacial score (nSPS) is 28.2. The van der Waals surface area contributed by atoms with Gasteiger partial charge in [0.25, 0.3) is 0 Å². The van der Waals surface area contributed by atoms with E-state index in [1.54, 1.807) is 0 Å². The molecule has 1 rings (SSSR count). The van der Waals surface area contributed by atoms with Gasteiger partial charge in [0.15, 0.2) is 0 Å². The Morgan fingerprint density at radius 2 is 2.62 bits per heavy atom. The Bertz CT molecular complexity index is 105. The third-order valence-electron chi connectivity index (χ3n) is 1.87. The fourth-order valence-electron chi connectivity index (χ4n) is 1.19. The minimum atomic E-state index is 0.764. The zero-order chi connectivity index (χ0) is 5.98. The van der Waals surface area contributed by atoms with Crippen molar-refractivity contribution >= 4 is 0 Å². The highest BCUT2D eigenvalue weighted by Crippen LogP contribution is 2.23. The number of rotatable bonds is 1. The van der Waals surface area contributed by atoms with Gasteiger partial charge in [-0.2, -0.15) is 0 Å². The highest BCUT2D eigenvalue weighted by molar-refractivity contribution is 5.12. The zero-order valence-corrected chi connectivity index (χ0v) is 5.35. The topological polar surface area (TPSA) is 26.0 Å². The van der Waals surface area contributed by atoms with Crippen molar-refractivity contribution in [3.05, 3.63) is 11.6 Å². The second-order valence-electron chi connectivity index (χ2n) is 2.46. The minimum absolute atomic E-state index is 0.764. The lowest BCUT2D eigenvalue weighted by Gasteiger charge is -2.03. The molecule has 0 aliphatic heterocycles. The van der Waals surface area contributed by atoms with Gasteiger partial charge < -0.3 is 5.73 Å². The fraction of sp³-hybridized carbons (Fsp3) is 0.714. The van der Waals surface area contributed by atoms with Crippen LogP contribution in [-0.4, -0.2) is 6.54 Å². The Morgan fingerprint density at radius 1 is 1.88 bits per heavy atom. The van der Waals surface area contributed by atoms with Gasteiger partial charge in [0, 0.05) is 6.54 Å². The van der Waals surface area contributed by atoms with Gasteiger partial charge in [-0.05, 0) is 18.8 Å². The van der Waals surface area contributed by atoms with Gasteiger partial charge in [0.2, 0.25) is 0 Å². The average molecular weight is 111 g/mol. The van der Waals surface area contributed by atoms with Crippen LogP contribution in [0, 0.1) is 5.92 Å². The van der Waals surface area contributed by atoms with Crippen LogP contribution in [0.2, 0.25) is 0 Å². The smallest absolute Gasteiger partial charge is 0.0139 e. The summed E-state index contributed by atoms with van der Waals surface area (Å²) in [5, 5.41) is 0. The van der Waals surface area contributed by atoms with Crippen molar-refractivity contribution in [2.75, 3.05) is 6.54 Å². The molecule has 0 spiro atoms. The van der Waals surface area contributed by atoms with Crippen LogP contribution < -0.4 is 5.73 Å². The standard InChI is InChI=1S/C7H13N/c1-6-3-2-4-7(6)5-8/h4,6H,2-3,5,8H2,1H3. The van der Waals surface area contributed by atoms with Crippen LogP contribution in [0.15, 0.2) is 11.6 Å². The van der Waals surface area contributed by atoms with Crippen molar-refractivity contribution < 1.29 is 0 Å². The van der Waals surface area contributed by atoms with Gasteiger partial charge in [-0.1, -0.05) is 18.6 Å². The second-order valence-corrected chi connectivity index (χ2v) is 2.46. The van der Waals surface area contributed by atoms with E-state index in [-0.39, 0.29) is 0 Å². The molecule has 1 aliphatic rings. The molecule has 0 saturated heterocycles. The van der Waals surface area contributed by atoms with E-state index < -0.39 is 0 Å². The molecular formula is C7H13N. The molecule has 46 valence electrons. The molecule has 0 bridgehead atoms. The Balaban J connectivity index is 2.49. The predicted molar refractivity (Wildman–Crippen MR) is 35.5 cm³/mol. The fourth-order valence-corrected chi connectivity index (χ4v) is 1.19. The number of hydrogen-bond acceptors (Lipinski definition) is 1. The maximum atomic E-state index is 5.46. The van der Waals surface area contributed by atoms with Crippen LogP contribution in [0.5, 0.6) is 0 Å². The van der Waals surface area contributed by atoms with E-state index in [1.165, 1.54) is 18.4 Å². The predicted octanol–water partition coefficient (Wildman–Crippen LogP) is 1.30. The van der Waals surface area contributed by atoms with Gasteiger partial charge >= 0.3 is 0 Å². The van der Waals surface area contributed by atoms with E-state index in [1.807, 2.05) is 0 Å². The number of allylic oxidation sites excluding steroid dienone is 1. The molecule has 0 aromatic carbocycles. The van der Waals surface area contributed by atoms with Crippen molar-refractivity contribution in [3.8, 4) is 0 Å². The van der Waals surface area contributed by atoms with E-state index in [2.05, 4.69) is 13.0 Å². The molecule has 1 atom stereocenters. The van der Waals surface area contributed by atoms with Crippen molar-refractivity contribution in [3.63, 3.8) is 0 Å². The Hall–Kier alpha value is -0.300. The molecule has 0 aromatic heterocycles. The quantitative estimate of drug-likeness (QED) is 0.507. The number of hydrogen-bond donors (Lipinski definition) is 1. The molecule has 0 radical (unpaired) electrons. The summed E-state index contributed by atoms with van der Waals surface area (Å²) < 4.78 is 0. The van der Waals surface area contributed by atoms with Gasteiger partial charge in [0.05, 0.1) is 0 Å². The van der Waals surface area contributed by atoms with Crippen LogP contribution in [0.25, 0.3) is 0 Å². The summed E-state index contributed by atoms with van der Waals surface area (Å²) in [6, 6.07) is 0. The van der Waals surface area contributed by atoms with Crippen molar-refractivity contribution in [2.45, 2.75) is 19.8 Å². The molecule has 2 N–H and O–H groups in total. The van der Waals surface area contributed by atoms with Crippen molar-refractivity contribution in [1.29, 1.82) is 0 Å². The largest absolute Gasteiger partial charge is 0.327 e. The average Bonchev–Trinajstić information content (AvgIpc) is 2.14. The third kappa shape index (κ3) is 0.920. The van der Waals surface area contributed by atoms with Crippen molar-refractivity contribution in [2.24, 2.45) is 11.7 Å². The highest BCUT2D eigenvalue weighted by Gasteiger charge is 2.11. The summed E-state index contributed by atoms with van der Waals surface area (Å²) in [5.41, 5.74) is 6.90. The second kappa shape index (κ2) is 2.31. The van der Waals surface area contributed by atoms with Crippen LogP contribution in [0.4, 0.5) is 0 Å². The Kier molecular flexibility index (Phi) is 1.69. The molecule has 0 amide bonds. The third-order valence-corrected chi connectivity index (χ3v) is 1.87.